The van der Waals surface area contributed by atoms with Crippen LogP contribution in [0.2, 0.25) is 0 Å². The number of alkyl halides is 6. The predicted molar refractivity (Wildman–Crippen MR) is 124 cm³/mol. The van der Waals surface area contributed by atoms with Gasteiger partial charge in [0.2, 0.25) is 0 Å². The van der Waals surface area contributed by atoms with Gasteiger partial charge in [-0.25, -0.2) is 16.8 Å². The second-order valence-corrected chi connectivity index (χ2v) is 20.5. The van der Waals surface area contributed by atoms with Crippen LogP contribution in [0.25, 0.3) is 0 Å². The largest absolute Gasteiger partial charge is 0.741 e. The van der Waals surface area contributed by atoms with E-state index in [0.717, 1.165) is 0 Å². The Balaban J connectivity index is 0.000000320. The van der Waals surface area contributed by atoms with Crippen molar-refractivity contribution < 1.29 is 52.3 Å². The summed E-state index contributed by atoms with van der Waals surface area (Å²) in [7, 11) is -13.3. The quantitative estimate of drug-likeness (QED) is 0.203. The molecule has 0 spiro atoms. The summed E-state index contributed by atoms with van der Waals surface area (Å²) in [6.07, 6.45) is 15.8. The first-order valence-corrected chi connectivity index (χ1v) is 18.6. The minimum Gasteiger partial charge on any atom is -0.741 e. The molecular formula is C19H28F6O6P2S2. The van der Waals surface area contributed by atoms with Gasteiger partial charge in [0.25, 0.3) is 0 Å². The summed E-state index contributed by atoms with van der Waals surface area (Å²) in [6.45, 7) is 2.67. The number of benzene rings is 1. The first kappa shape index (κ1) is 32.5. The highest BCUT2D eigenvalue weighted by Crippen LogP contribution is 2.70. The van der Waals surface area contributed by atoms with Crippen LogP contribution in [0.15, 0.2) is 30.3 Å². The Morgan fingerprint density at radius 3 is 1.31 bits per heavy atom. The second kappa shape index (κ2) is 12.3. The number of hydrogen-bond donors (Lipinski definition) is 0. The van der Waals surface area contributed by atoms with Gasteiger partial charge in [-0.1, -0.05) is 30.3 Å². The lowest BCUT2D eigenvalue weighted by atomic mass is 10.2. The van der Waals surface area contributed by atoms with E-state index in [9.17, 15) is 26.3 Å². The van der Waals surface area contributed by atoms with Crippen LogP contribution in [-0.2, 0) is 26.4 Å². The maximum atomic E-state index is 10.7. The fourth-order valence-corrected chi connectivity index (χ4v) is 13.0. The molecule has 3 aliphatic rings. The van der Waals surface area contributed by atoms with E-state index in [1.165, 1.54) is 6.16 Å². The molecular weight excluding hydrogens is 564 g/mol. The maximum absolute atomic E-state index is 10.7. The molecule has 1 aromatic rings. The standard InChI is InChI=1S/C17H28P2.2CHF3O3S/c1-18-10-5-13-19(14-6-11-18,15-7-12-18)16-17-8-3-2-4-9-17;2*2-1(3,4)8(5,6)7/h2-4,8-9H,5-7,10-16H2,1H3;2*(H,5,6,7)/q+2;;/p-2. The van der Waals surface area contributed by atoms with Crippen LogP contribution in [0, 0.1) is 0 Å². The molecule has 3 heterocycles. The third-order valence-corrected chi connectivity index (χ3v) is 16.1. The normalized spacial score (nSPS) is 25.6. The van der Waals surface area contributed by atoms with Gasteiger partial charge in [0.1, 0.15) is 0 Å². The van der Waals surface area contributed by atoms with Crippen LogP contribution in [0.1, 0.15) is 24.8 Å². The summed E-state index contributed by atoms with van der Waals surface area (Å²) in [5, 5.41) is 0. The molecule has 3 fully saturated rings. The molecule has 3 aliphatic heterocycles. The van der Waals surface area contributed by atoms with Crippen molar-refractivity contribution in [2.45, 2.75) is 36.4 Å². The Bertz CT molecular complexity index is 943. The van der Waals surface area contributed by atoms with Gasteiger partial charge in [-0.05, 0) is 5.56 Å². The number of halogens is 6. The van der Waals surface area contributed by atoms with Gasteiger partial charge in [0, 0.05) is 40.5 Å². The lowest BCUT2D eigenvalue weighted by Gasteiger charge is -2.36. The molecule has 0 aliphatic carbocycles. The van der Waals surface area contributed by atoms with E-state index in [-0.39, 0.29) is 0 Å². The smallest absolute Gasteiger partial charge is 0.485 e. The van der Waals surface area contributed by atoms with Gasteiger partial charge in [-0.2, -0.15) is 26.3 Å². The molecule has 6 nitrogen and oxygen atoms in total. The van der Waals surface area contributed by atoms with E-state index in [1.807, 2.05) is 0 Å². The van der Waals surface area contributed by atoms with Crippen molar-refractivity contribution in [1.82, 2.24) is 0 Å². The van der Waals surface area contributed by atoms with E-state index in [2.05, 4.69) is 37.0 Å². The summed E-state index contributed by atoms with van der Waals surface area (Å²) < 4.78 is 118. The van der Waals surface area contributed by atoms with Crippen molar-refractivity contribution >= 4 is 34.8 Å². The first-order chi connectivity index (χ1) is 15.7. The third kappa shape index (κ3) is 11.2. The zero-order chi connectivity index (χ0) is 27.2. The van der Waals surface area contributed by atoms with Crippen molar-refractivity contribution in [3.05, 3.63) is 35.9 Å². The zero-order valence-corrected chi connectivity index (χ0v) is 22.3. The van der Waals surface area contributed by atoms with Crippen LogP contribution < -0.4 is 0 Å². The molecule has 1 aromatic carbocycles. The zero-order valence-electron chi connectivity index (χ0n) is 18.9. The second-order valence-electron chi connectivity index (χ2n) is 8.81. The Kier molecular flexibility index (Phi) is 11.5. The average molecular weight is 592 g/mol. The monoisotopic (exact) mass is 592 g/mol. The van der Waals surface area contributed by atoms with Gasteiger partial charge in [-0.3, -0.25) is 0 Å². The topological polar surface area (TPSA) is 114 Å². The molecule has 4 rings (SSSR count). The van der Waals surface area contributed by atoms with Crippen LogP contribution in [0.3, 0.4) is 0 Å². The molecule has 0 aromatic heterocycles. The van der Waals surface area contributed by atoms with Crippen molar-refractivity contribution in [2.24, 2.45) is 0 Å². The van der Waals surface area contributed by atoms with Crippen molar-refractivity contribution in [1.29, 1.82) is 0 Å². The van der Waals surface area contributed by atoms with Gasteiger partial charge >= 0.3 is 11.0 Å². The van der Waals surface area contributed by atoms with E-state index >= 15 is 0 Å². The van der Waals surface area contributed by atoms with Gasteiger partial charge in [0.05, 0.1) is 43.1 Å². The van der Waals surface area contributed by atoms with Crippen LogP contribution in [0.4, 0.5) is 26.3 Å². The SMILES string of the molecule is C[P+]12CCC[P+](Cc3ccccc3)(CCC1)CCC2.O=S(=O)([O-])C(F)(F)F.O=S(=O)([O-])C(F)(F)F. The summed E-state index contributed by atoms with van der Waals surface area (Å²) in [6, 6.07) is 11.3. The highest BCUT2D eigenvalue weighted by Gasteiger charge is 2.45. The molecule has 0 unspecified atom stereocenters. The van der Waals surface area contributed by atoms with E-state index in [4.69, 9.17) is 25.9 Å². The highest BCUT2D eigenvalue weighted by atomic mass is 32.2. The van der Waals surface area contributed by atoms with E-state index < -0.39 is 45.8 Å². The summed E-state index contributed by atoms with van der Waals surface area (Å²) in [4.78, 5) is 0. The van der Waals surface area contributed by atoms with Crippen molar-refractivity contribution in [3.8, 4) is 0 Å². The Morgan fingerprint density at radius 1 is 0.714 bits per heavy atom. The number of fused-ring (bicyclic) bond motifs is 6. The minimum atomic E-state index is -6.09. The first-order valence-electron chi connectivity index (χ1n) is 10.5. The number of hydrogen-bond acceptors (Lipinski definition) is 6. The van der Waals surface area contributed by atoms with Crippen molar-refractivity contribution in [2.75, 3.05) is 43.6 Å². The molecule has 204 valence electrons. The average Bonchev–Trinajstić information content (AvgIpc) is 2.63. The van der Waals surface area contributed by atoms with Crippen LogP contribution in [-0.4, -0.2) is 80.6 Å². The van der Waals surface area contributed by atoms with Crippen molar-refractivity contribution in [3.63, 3.8) is 0 Å². The summed E-state index contributed by atoms with van der Waals surface area (Å²) in [5.74, 6) is 0. The highest BCUT2D eigenvalue weighted by molar-refractivity contribution is 7.86. The third-order valence-electron chi connectivity index (χ3n) is 5.92. The summed E-state index contributed by atoms with van der Waals surface area (Å²) >= 11 is 0. The Labute approximate surface area is 203 Å². The molecule has 0 N–H and O–H groups in total. The molecule has 2 bridgehead atoms. The van der Waals surface area contributed by atoms with Crippen LogP contribution in [0.5, 0.6) is 0 Å². The van der Waals surface area contributed by atoms with Gasteiger partial charge in [0.15, 0.2) is 20.2 Å². The Hall–Kier alpha value is -0.520. The molecule has 0 radical (unpaired) electrons. The van der Waals surface area contributed by atoms with Gasteiger partial charge < -0.3 is 9.11 Å². The predicted octanol–water partition coefficient (Wildman–Crippen LogP) is 5.15. The fourth-order valence-electron chi connectivity index (χ4n) is 4.24. The Morgan fingerprint density at radius 2 is 1.03 bits per heavy atom. The molecule has 16 heteroatoms. The van der Waals surface area contributed by atoms with E-state index in [0.29, 0.717) is 0 Å². The minimum absolute atomic E-state index is 0.491. The fraction of sp³-hybridized carbons (Fsp3) is 0.684. The lowest BCUT2D eigenvalue weighted by molar-refractivity contribution is -0.0522. The lowest BCUT2D eigenvalue weighted by Crippen LogP contribution is -2.23. The van der Waals surface area contributed by atoms with Crippen LogP contribution >= 0.6 is 14.5 Å². The van der Waals surface area contributed by atoms with E-state index in [1.54, 1.807) is 61.8 Å². The molecule has 0 saturated carbocycles. The molecule has 0 atom stereocenters. The van der Waals surface area contributed by atoms with Gasteiger partial charge in [-0.15, -0.1) is 0 Å². The molecule has 35 heavy (non-hydrogen) atoms. The molecule has 3 saturated heterocycles. The number of rotatable bonds is 2. The maximum Gasteiger partial charge on any atom is 0.485 e. The molecule has 0 amide bonds. The summed E-state index contributed by atoms with van der Waals surface area (Å²) in [5.41, 5.74) is -9.67.